The van der Waals surface area contributed by atoms with Gasteiger partial charge in [0.1, 0.15) is 6.54 Å². The quantitative estimate of drug-likeness (QED) is 0.768. The number of amides is 2. The molecule has 1 fully saturated rings. The van der Waals surface area contributed by atoms with Crippen LogP contribution in [0, 0.1) is 0 Å². The fraction of sp³-hybridized carbons (Fsp3) is 0.600. The van der Waals surface area contributed by atoms with E-state index in [1.54, 1.807) is 4.90 Å². The van der Waals surface area contributed by atoms with E-state index in [-0.39, 0.29) is 41.3 Å². The van der Waals surface area contributed by atoms with E-state index in [1.165, 1.54) is 11.8 Å². The lowest BCUT2D eigenvalue weighted by molar-refractivity contribution is -0.132. The van der Waals surface area contributed by atoms with Gasteiger partial charge in [0.15, 0.2) is 9.84 Å². The summed E-state index contributed by atoms with van der Waals surface area (Å²) in [4.78, 5) is 28.4. The second-order valence-electron chi connectivity index (χ2n) is 8.11. The molecule has 27 heavy (non-hydrogen) atoms. The predicted octanol–water partition coefficient (Wildman–Crippen LogP) is 2.37. The van der Waals surface area contributed by atoms with Gasteiger partial charge in [-0.2, -0.15) is 0 Å². The molecule has 1 unspecified atom stereocenters. The third-order valence-corrected chi connectivity index (χ3v) is 6.74. The van der Waals surface area contributed by atoms with Crippen molar-refractivity contribution in [3.63, 3.8) is 0 Å². The topological polar surface area (TPSA) is 74.8 Å². The summed E-state index contributed by atoms with van der Waals surface area (Å²) in [5.74, 6) is -0.315. The zero-order valence-electron chi connectivity index (χ0n) is 16.9. The van der Waals surface area contributed by atoms with E-state index in [9.17, 15) is 18.0 Å². The van der Waals surface area contributed by atoms with E-state index in [0.717, 1.165) is 11.3 Å². The van der Waals surface area contributed by atoms with Crippen LogP contribution in [0.3, 0.4) is 0 Å². The van der Waals surface area contributed by atoms with Crippen LogP contribution in [0.15, 0.2) is 24.3 Å². The van der Waals surface area contributed by atoms with Crippen molar-refractivity contribution in [1.29, 1.82) is 0 Å². The average Bonchev–Trinajstić information content (AvgIpc) is 2.92. The summed E-state index contributed by atoms with van der Waals surface area (Å²) in [6.45, 7) is 9.81. The van der Waals surface area contributed by atoms with Crippen LogP contribution in [0.2, 0.25) is 0 Å². The van der Waals surface area contributed by atoms with Gasteiger partial charge < -0.3 is 9.80 Å². The Hall–Kier alpha value is -1.89. The van der Waals surface area contributed by atoms with Gasteiger partial charge in [-0.25, -0.2) is 8.42 Å². The van der Waals surface area contributed by atoms with E-state index in [2.05, 4.69) is 20.8 Å². The third kappa shape index (κ3) is 5.09. The Morgan fingerprint density at radius 3 is 2.30 bits per heavy atom. The molecule has 0 radical (unpaired) electrons. The van der Waals surface area contributed by atoms with Crippen LogP contribution in [-0.4, -0.2) is 55.8 Å². The molecule has 150 valence electrons. The van der Waals surface area contributed by atoms with Crippen LogP contribution in [0.4, 0.5) is 5.69 Å². The van der Waals surface area contributed by atoms with E-state index < -0.39 is 9.84 Å². The number of para-hydroxylation sites is 1. The summed E-state index contributed by atoms with van der Waals surface area (Å²) in [7, 11) is -3.08. The smallest absolute Gasteiger partial charge is 0.242 e. The molecule has 2 amide bonds. The lowest BCUT2D eigenvalue weighted by Gasteiger charge is -2.32. The Balaban J connectivity index is 2.29. The number of sulfone groups is 1. The average molecular weight is 395 g/mol. The van der Waals surface area contributed by atoms with Crippen LogP contribution in [0.25, 0.3) is 0 Å². The van der Waals surface area contributed by atoms with Gasteiger partial charge in [0, 0.05) is 25.2 Å². The SMILES string of the molecule is CCN(C(=O)CN(C(C)=O)c1ccccc1C(C)(C)C)C1CCS(=O)(=O)C1. The molecule has 1 aromatic rings. The Kier molecular flexibility index (Phi) is 6.35. The van der Waals surface area contributed by atoms with Crippen molar-refractivity contribution in [1.82, 2.24) is 4.90 Å². The fourth-order valence-corrected chi connectivity index (χ4v) is 5.33. The first kappa shape index (κ1) is 21.4. The highest BCUT2D eigenvalue weighted by atomic mass is 32.2. The number of carbonyl (C=O) groups is 2. The van der Waals surface area contributed by atoms with E-state index >= 15 is 0 Å². The normalized spacial score (nSPS) is 18.9. The van der Waals surface area contributed by atoms with Gasteiger partial charge in [-0.1, -0.05) is 39.0 Å². The van der Waals surface area contributed by atoms with E-state index in [0.29, 0.717) is 13.0 Å². The minimum Gasteiger partial charge on any atom is -0.337 e. The molecule has 1 saturated heterocycles. The zero-order valence-corrected chi connectivity index (χ0v) is 17.7. The largest absolute Gasteiger partial charge is 0.337 e. The highest BCUT2D eigenvalue weighted by Gasteiger charge is 2.35. The highest BCUT2D eigenvalue weighted by Crippen LogP contribution is 2.32. The first-order valence-electron chi connectivity index (χ1n) is 9.33. The minimum atomic E-state index is -3.08. The van der Waals surface area contributed by atoms with Gasteiger partial charge in [0.2, 0.25) is 11.8 Å². The molecule has 1 aliphatic rings. The summed E-state index contributed by atoms with van der Waals surface area (Å²) in [5.41, 5.74) is 1.53. The standard InChI is InChI=1S/C20H30N2O4S/c1-6-21(16-11-12-27(25,26)14-16)19(24)13-22(15(2)23)18-10-8-7-9-17(18)20(3,4)5/h7-10,16H,6,11-14H2,1-5H3. The van der Waals surface area contributed by atoms with Crippen molar-refractivity contribution < 1.29 is 18.0 Å². The Labute approximate surface area is 162 Å². The van der Waals surface area contributed by atoms with Gasteiger partial charge in [-0.3, -0.25) is 9.59 Å². The lowest BCUT2D eigenvalue weighted by atomic mass is 9.85. The number of likely N-dealkylation sites (N-methyl/N-ethyl adjacent to an activating group) is 1. The summed E-state index contributed by atoms with van der Waals surface area (Å²) in [5, 5.41) is 0. The van der Waals surface area contributed by atoms with Crippen molar-refractivity contribution in [2.45, 2.75) is 52.5 Å². The summed E-state index contributed by atoms with van der Waals surface area (Å²) in [6, 6.07) is 7.29. The number of rotatable bonds is 5. The fourth-order valence-electron chi connectivity index (χ4n) is 3.59. The van der Waals surface area contributed by atoms with E-state index in [1.807, 2.05) is 31.2 Å². The van der Waals surface area contributed by atoms with Crippen LogP contribution in [-0.2, 0) is 24.8 Å². The monoisotopic (exact) mass is 394 g/mol. The summed E-state index contributed by atoms with van der Waals surface area (Å²) < 4.78 is 23.6. The van der Waals surface area contributed by atoms with Crippen LogP contribution in [0.5, 0.6) is 0 Å². The van der Waals surface area contributed by atoms with Gasteiger partial charge in [-0.15, -0.1) is 0 Å². The van der Waals surface area contributed by atoms with E-state index in [4.69, 9.17) is 0 Å². The Bertz CT molecular complexity index is 812. The van der Waals surface area contributed by atoms with Crippen LogP contribution < -0.4 is 4.90 Å². The molecule has 2 rings (SSSR count). The molecule has 1 atom stereocenters. The number of carbonyl (C=O) groups excluding carboxylic acids is 2. The van der Waals surface area contributed by atoms with Crippen molar-refractivity contribution in [2.75, 3.05) is 29.5 Å². The molecule has 7 heteroatoms. The molecule has 0 saturated carbocycles. The Morgan fingerprint density at radius 1 is 1.19 bits per heavy atom. The molecule has 0 aliphatic carbocycles. The van der Waals surface area contributed by atoms with Crippen LogP contribution in [0.1, 0.15) is 46.6 Å². The van der Waals surface area contributed by atoms with Crippen molar-refractivity contribution in [3.8, 4) is 0 Å². The molecule has 0 spiro atoms. The molecule has 0 bridgehead atoms. The molecule has 6 nitrogen and oxygen atoms in total. The minimum absolute atomic E-state index is 0.00519. The molecule has 0 aromatic heterocycles. The first-order valence-corrected chi connectivity index (χ1v) is 11.2. The van der Waals surface area contributed by atoms with Gasteiger partial charge in [0.05, 0.1) is 11.5 Å². The number of nitrogens with zero attached hydrogens (tertiary/aromatic N) is 2. The Morgan fingerprint density at radius 2 is 1.81 bits per heavy atom. The maximum Gasteiger partial charge on any atom is 0.242 e. The maximum absolute atomic E-state index is 13.0. The van der Waals surface area contributed by atoms with Crippen molar-refractivity contribution in [3.05, 3.63) is 29.8 Å². The number of hydrogen-bond donors (Lipinski definition) is 0. The highest BCUT2D eigenvalue weighted by molar-refractivity contribution is 7.91. The number of benzene rings is 1. The van der Waals surface area contributed by atoms with Crippen molar-refractivity contribution in [2.24, 2.45) is 0 Å². The lowest BCUT2D eigenvalue weighted by Crippen LogP contribution is -2.47. The molecule has 0 N–H and O–H groups in total. The van der Waals surface area contributed by atoms with Gasteiger partial charge in [-0.05, 0) is 30.4 Å². The summed E-state index contributed by atoms with van der Waals surface area (Å²) >= 11 is 0. The molecule has 1 heterocycles. The summed E-state index contributed by atoms with van der Waals surface area (Å²) in [6.07, 6.45) is 0.459. The molecular formula is C20H30N2O4S. The second kappa shape index (κ2) is 8.00. The zero-order chi connectivity index (χ0) is 20.4. The number of anilines is 1. The maximum atomic E-state index is 13.0. The third-order valence-electron chi connectivity index (χ3n) is 4.99. The van der Waals surface area contributed by atoms with Gasteiger partial charge in [0.25, 0.3) is 0 Å². The molecular weight excluding hydrogens is 364 g/mol. The molecule has 1 aromatic carbocycles. The molecule has 1 aliphatic heterocycles. The second-order valence-corrected chi connectivity index (χ2v) is 10.3. The predicted molar refractivity (Wildman–Crippen MR) is 108 cm³/mol. The number of hydrogen-bond acceptors (Lipinski definition) is 4. The van der Waals surface area contributed by atoms with Crippen LogP contribution >= 0.6 is 0 Å². The van der Waals surface area contributed by atoms with Gasteiger partial charge >= 0.3 is 0 Å². The van der Waals surface area contributed by atoms with Crippen molar-refractivity contribution >= 4 is 27.3 Å². The first-order chi connectivity index (χ1) is 12.5.